The highest BCUT2D eigenvalue weighted by molar-refractivity contribution is 5.97. The molecule has 3 aromatic rings. The summed E-state index contributed by atoms with van der Waals surface area (Å²) in [6.45, 7) is 4.49. The number of carbonyl (C=O) groups is 1. The zero-order valence-electron chi connectivity index (χ0n) is 15.9. The molecule has 2 heterocycles. The summed E-state index contributed by atoms with van der Waals surface area (Å²) < 4.78 is 12.7. The van der Waals surface area contributed by atoms with E-state index in [-0.39, 0.29) is 11.2 Å². The topological polar surface area (TPSA) is 78.6 Å². The number of hydrogen-bond donors (Lipinski definition) is 0. The Bertz CT molecular complexity index is 1040. The van der Waals surface area contributed by atoms with Gasteiger partial charge in [-0.05, 0) is 17.9 Å². The second kappa shape index (κ2) is 6.42. The number of nitrogens with zero attached hydrogens (tertiary/aromatic N) is 4. The Labute approximate surface area is 157 Å². The van der Waals surface area contributed by atoms with E-state index < -0.39 is 0 Å². The van der Waals surface area contributed by atoms with Crippen LogP contribution >= 0.6 is 0 Å². The van der Waals surface area contributed by atoms with E-state index in [2.05, 4.69) is 24.0 Å². The first-order chi connectivity index (χ1) is 12.9. The lowest BCUT2D eigenvalue weighted by Crippen LogP contribution is -2.30. The lowest BCUT2D eigenvalue weighted by Gasteiger charge is -2.29. The minimum atomic E-state index is -0.141. The number of carbonyl (C=O) groups excluding carboxylic acids is 1. The molecule has 1 aliphatic rings. The van der Waals surface area contributed by atoms with E-state index in [1.54, 1.807) is 18.7 Å². The maximum Gasteiger partial charge on any atom is 0.186 e. The SMILES string of the molecule is COCc1nn2c3c(nnc2c1-c1ccccc1OC)C(=O)CC(C)(C)C3. The van der Waals surface area contributed by atoms with Crippen LogP contribution < -0.4 is 4.74 Å². The largest absolute Gasteiger partial charge is 0.496 e. The molecule has 0 fully saturated rings. The van der Waals surface area contributed by atoms with E-state index in [1.807, 2.05) is 24.3 Å². The minimum Gasteiger partial charge on any atom is -0.496 e. The molecule has 0 N–H and O–H groups in total. The van der Waals surface area contributed by atoms with Crippen molar-refractivity contribution in [1.29, 1.82) is 0 Å². The van der Waals surface area contributed by atoms with Crippen molar-refractivity contribution in [3.8, 4) is 16.9 Å². The van der Waals surface area contributed by atoms with Gasteiger partial charge in [0.15, 0.2) is 17.1 Å². The average molecular weight is 366 g/mol. The smallest absolute Gasteiger partial charge is 0.186 e. The third-order valence-electron chi connectivity index (χ3n) is 4.91. The van der Waals surface area contributed by atoms with Gasteiger partial charge in [-0.25, -0.2) is 4.52 Å². The fourth-order valence-corrected chi connectivity index (χ4v) is 3.76. The molecular weight excluding hydrogens is 344 g/mol. The van der Waals surface area contributed by atoms with Crippen LogP contribution in [0.25, 0.3) is 16.8 Å². The minimum absolute atomic E-state index is 0.0123. The molecule has 2 aromatic heterocycles. The standard InChI is InChI=1S/C20H22N4O3/c1-20(2)9-14-18(15(25)10-20)21-22-19-17(13(11-26-3)23-24(14)19)12-7-5-6-8-16(12)27-4/h5-8H,9-11H2,1-4H3. The Morgan fingerprint density at radius 3 is 2.67 bits per heavy atom. The molecule has 0 atom stereocenters. The maximum atomic E-state index is 12.5. The maximum absolute atomic E-state index is 12.5. The van der Waals surface area contributed by atoms with Crippen molar-refractivity contribution in [2.24, 2.45) is 5.41 Å². The van der Waals surface area contributed by atoms with Gasteiger partial charge in [0.25, 0.3) is 0 Å². The van der Waals surface area contributed by atoms with Crippen LogP contribution in [0.5, 0.6) is 5.75 Å². The Hall–Kier alpha value is -2.80. The number of Topliss-reactive ketones (excluding diaryl/α,β-unsaturated/α-hetero) is 1. The normalized spacial score (nSPS) is 15.8. The molecule has 140 valence electrons. The number of hydrogen-bond acceptors (Lipinski definition) is 6. The van der Waals surface area contributed by atoms with Gasteiger partial charge in [0.05, 0.1) is 30.7 Å². The zero-order valence-corrected chi connectivity index (χ0v) is 15.9. The molecule has 0 spiro atoms. The van der Waals surface area contributed by atoms with Crippen LogP contribution in [0.2, 0.25) is 0 Å². The van der Waals surface area contributed by atoms with Gasteiger partial charge in [-0.2, -0.15) is 5.10 Å². The number of para-hydroxylation sites is 1. The van der Waals surface area contributed by atoms with Gasteiger partial charge in [-0.3, -0.25) is 4.79 Å². The van der Waals surface area contributed by atoms with Gasteiger partial charge in [0.1, 0.15) is 5.75 Å². The van der Waals surface area contributed by atoms with E-state index in [9.17, 15) is 4.79 Å². The summed E-state index contributed by atoms with van der Waals surface area (Å²) in [7, 11) is 3.26. The van der Waals surface area contributed by atoms with Crippen LogP contribution in [-0.4, -0.2) is 39.8 Å². The molecule has 4 rings (SSSR count). The van der Waals surface area contributed by atoms with Gasteiger partial charge in [0, 0.05) is 19.1 Å². The summed E-state index contributed by atoms with van der Waals surface area (Å²) in [4.78, 5) is 12.5. The molecule has 0 unspecified atom stereocenters. The van der Waals surface area contributed by atoms with Crippen LogP contribution in [0.3, 0.4) is 0 Å². The predicted octanol–water partition coefficient (Wildman–Crippen LogP) is 3.10. The number of benzene rings is 1. The van der Waals surface area contributed by atoms with Crippen molar-refractivity contribution in [1.82, 2.24) is 19.8 Å². The van der Waals surface area contributed by atoms with E-state index in [0.717, 1.165) is 28.3 Å². The van der Waals surface area contributed by atoms with Crippen molar-refractivity contribution in [2.45, 2.75) is 33.3 Å². The first-order valence-electron chi connectivity index (χ1n) is 8.88. The molecule has 7 heteroatoms. The summed E-state index contributed by atoms with van der Waals surface area (Å²) in [5, 5.41) is 13.4. The van der Waals surface area contributed by atoms with Crippen LogP contribution in [0.15, 0.2) is 24.3 Å². The highest BCUT2D eigenvalue weighted by Crippen LogP contribution is 2.38. The first-order valence-corrected chi connectivity index (χ1v) is 8.88. The molecule has 7 nitrogen and oxygen atoms in total. The van der Waals surface area contributed by atoms with E-state index in [1.165, 1.54) is 0 Å². The predicted molar refractivity (Wildman–Crippen MR) is 99.9 cm³/mol. The van der Waals surface area contributed by atoms with Crippen molar-refractivity contribution in [3.05, 3.63) is 41.3 Å². The quantitative estimate of drug-likeness (QED) is 0.706. The van der Waals surface area contributed by atoms with Crippen LogP contribution in [0, 0.1) is 5.41 Å². The fraction of sp³-hybridized carbons (Fsp3) is 0.400. The third-order valence-corrected chi connectivity index (χ3v) is 4.91. The molecule has 1 aliphatic carbocycles. The second-order valence-electron chi connectivity index (χ2n) is 7.63. The lowest BCUT2D eigenvalue weighted by molar-refractivity contribution is 0.0901. The lowest BCUT2D eigenvalue weighted by atomic mass is 9.77. The molecule has 0 amide bonds. The Kier molecular flexibility index (Phi) is 4.19. The molecular formula is C20H22N4O3. The van der Waals surface area contributed by atoms with Crippen molar-refractivity contribution in [3.63, 3.8) is 0 Å². The summed E-state index contributed by atoms with van der Waals surface area (Å²) >= 11 is 0. The fourth-order valence-electron chi connectivity index (χ4n) is 3.76. The first kappa shape index (κ1) is 17.6. The number of ketones is 1. The van der Waals surface area contributed by atoms with Gasteiger partial charge < -0.3 is 9.47 Å². The Balaban J connectivity index is 2.03. The number of rotatable bonds is 4. The van der Waals surface area contributed by atoms with E-state index in [4.69, 9.17) is 14.6 Å². The number of methoxy groups -OCH3 is 2. The number of ether oxygens (including phenoxy) is 2. The van der Waals surface area contributed by atoms with Gasteiger partial charge in [-0.1, -0.05) is 32.0 Å². The van der Waals surface area contributed by atoms with Crippen LogP contribution in [0.1, 0.15) is 42.1 Å². The van der Waals surface area contributed by atoms with Gasteiger partial charge >= 0.3 is 0 Å². The summed E-state index contributed by atoms with van der Waals surface area (Å²) in [6.07, 6.45) is 1.17. The second-order valence-corrected chi connectivity index (χ2v) is 7.63. The van der Waals surface area contributed by atoms with Crippen LogP contribution in [-0.2, 0) is 17.8 Å². The van der Waals surface area contributed by atoms with E-state index >= 15 is 0 Å². The molecule has 0 bridgehead atoms. The average Bonchev–Trinajstić information content (AvgIpc) is 2.99. The molecule has 27 heavy (non-hydrogen) atoms. The summed E-state index contributed by atoms with van der Waals surface area (Å²) in [5.41, 5.74) is 4.12. The Morgan fingerprint density at radius 2 is 1.93 bits per heavy atom. The molecule has 0 saturated heterocycles. The highest BCUT2D eigenvalue weighted by Gasteiger charge is 2.35. The molecule has 0 aliphatic heterocycles. The number of aromatic nitrogens is 4. The Morgan fingerprint density at radius 1 is 1.15 bits per heavy atom. The zero-order chi connectivity index (χ0) is 19.2. The molecule has 1 aromatic carbocycles. The van der Waals surface area contributed by atoms with Crippen molar-refractivity contribution < 1.29 is 14.3 Å². The van der Waals surface area contributed by atoms with Gasteiger partial charge in [-0.15, -0.1) is 10.2 Å². The number of fused-ring (bicyclic) bond motifs is 3. The third kappa shape index (κ3) is 2.88. The highest BCUT2D eigenvalue weighted by atomic mass is 16.5. The van der Waals surface area contributed by atoms with E-state index in [0.29, 0.717) is 30.8 Å². The summed E-state index contributed by atoms with van der Waals surface area (Å²) in [5.74, 6) is 0.735. The molecule has 0 saturated carbocycles. The van der Waals surface area contributed by atoms with Crippen molar-refractivity contribution >= 4 is 11.4 Å². The molecule has 0 radical (unpaired) electrons. The van der Waals surface area contributed by atoms with Crippen LogP contribution in [0.4, 0.5) is 0 Å². The van der Waals surface area contributed by atoms with Gasteiger partial charge in [0.2, 0.25) is 0 Å². The summed E-state index contributed by atoms with van der Waals surface area (Å²) in [6, 6.07) is 7.72. The monoisotopic (exact) mass is 366 g/mol. The van der Waals surface area contributed by atoms with Crippen molar-refractivity contribution in [2.75, 3.05) is 14.2 Å².